The highest BCUT2D eigenvalue weighted by molar-refractivity contribution is 5.87. The lowest BCUT2D eigenvalue weighted by molar-refractivity contribution is -0.195. The van der Waals surface area contributed by atoms with E-state index >= 15 is 0 Å². The van der Waals surface area contributed by atoms with Gasteiger partial charge in [0.25, 0.3) is 0 Å². The van der Waals surface area contributed by atoms with Crippen molar-refractivity contribution in [2.24, 2.45) is 29.1 Å². The molecular weight excluding hydrogens is 552 g/mol. The number of carbonyl (C=O) groups is 1. The molecule has 1 unspecified atom stereocenters. The van der Waals surface area contributed by atoms with Crippen molar-refractivity contribution in [3.8, 4) is 28.4 Å². The van der Waals surface area contributed by atoms with Crippen LogP contribution in [-0.4, -0.2) is 77.7 Å². The van der Waals surface area contributed by atoms with E-state index in [1.165, 1.54) is 6.42 Å². The Labute approximate surface area is 252 Å². The molecule has 1 saturated heterocycles. The summed E-state index contributed by atoms with van der Waals surface area (Å²) >= 11 is 0. The molecule has 0 radical (unpaired) electrons. The Hall–Kier alpha value is -2.73. The summed E-state index contributed by atoms with van der Waals surface area (Å²) in [6.07, 6.45) is 0.457. The van der Waals surface area contributed by atoms with Crippen LogP contribution in [0.25, 0.3) is 11.1 Å². The van der Waals surface area contributed by atoms with Crippen LogP contribution in [0.2, 0.25) is 0 Å². The maximum absolute atomic E-state index is 11.8. The van der Waals surface area contributed by atoms with Crippen LogP contribution in [0.15, 0.2) is 30.3 Å². The summed E-state index contributed by atoms with van der Waals surface area (Å²) in [6, 6.07) is 8.79. The van der Waals surface area contributed by atoms with Crippen LogP contribution in [0, 0.1) is 29.1 Å². The highest BCUT2D eigenvalue weighted by atomic mass is 16.7. The Kier molecular flexibility index (Phi) is 8.21. The Morgan fingerprint density at radius 2 is 2.00 bits per heavy atom. The first kappa shape index (κ1) is 30.3. The number of rotatable bonds is 10. The minimum absolute atomic E-state index is 0.0516. The predicted molar refractivity (Wildman–Crippen MR) is 158 cm³/mol. The number of nitrogens with zero attached hydrogens (tertiary/aromatic N) is 1. The fourth-order valence-electron chi connectivity index (χ4n) is 8.30. The second kappa shape index (κ2) is 11.6. The molecule has 2 bridgehead atoms. The third kappa shape index (κ3) is 5.11. The van der Waals surface area contributed by atoms with E-state index < -0.39 is 30.4 Å². The Balaban J connectivity index is 1.29. The number of para-hydroxylation sites is 1. The molecule has 10 nitrogen and oxygen atoms in total. The van der Waals surface area contributed by atoms with E-state index in [-0.39, 0.29) is 26.0 Å². The van der Waals surface area contributed by atoms with Crippen LogP contribution in [0.4, 0.5) is 0 Å². The topological polar surface area (TPSA) is 130 Å². The summed E-state index contributed by atoms with van der Waals surface area (Å²) < 4.78 is 16.9. The molecule has 2 heterocycles. The van der Waals surface area contributed by atoms with Crippen LogP contribution in [0.3, 0.4) is 0 Å². The fourth-order valence-corrected chi connectivity index (χ4v) is 8.30. The van der Waals surface area contributed by atoms with Crippen LogP contribution < -0.4 is 19.5 Å². The average molecular weight is 597 g/mol. The van der Waals surface area contributed by atoms with Gasteiger partial charge in [-0.15, -0.1) is 0 Å². The molecule has 43 heavy (non-hydrogen) atoms. The third-order valence-corrected chi connectivity index (χ3v) is 10.8. The smallest absolute Gasteiger partial charge is 0.231 e. The summed E-state index contributed by atoms with van der Waals surface area (Å²) in [7, 11) is 1.58. The van der Waals surface area contributed by atoms with E-state index in [9.17, 15) is 20.1 Å². The second-order valence-electron chi connectivity index (χ2n) is 13.3. The van der Waals surface area contributed by atoms with Gasteiger partial charge in [-0.25, -0.2) is 0 Å². The zero-order chi connectivity index (χ0) is 30.6. The van der Waals surface area contributed by atoms with Crippen molar-refractivity contribution in [2.45, 2.75) is 77.6 Å². The Bertz CT molecular complexity index is 1350. The number of nitrogens with one attached hydrogen (secondary N) is 1. The lowest BCUT2D eigenvalue weighted by atomic mass is 9.44. The molecule has 9 atom stereocenters. The normalized spacial score (nSPS) is 32.2. The first-order chi connectivity index (χ1) is 20.6. The molecule has 234 valence electrons. The van der Waals surface area contributed by atoms with E-state index in [1.807, 2.05) is 24.3 Å². The van der Waals surface area contributed by atoms with Gasteiger partial charge in [-0.3, -0.25) is 14.9 Å². The Morgan fingerprint density at radius 1 is 1.21 bits per heavy atom. The van der Waals surface area contributed by atoms with E-state index in [4.69, 9.17) is 19.0 Å². The van der Waals surface area contributed by atoms with Crippen molar-refractivity contribution in [1.29, 1.82) is 0 Å². The highest BCUT2D eigenvalue weighted by Crippen LogP contribution is 2.61. The summed E-state index contributed by atoms with van der Waals surface area (Å²) in [6.45, 7) is 8.62. The number of aliphatic hydroxyl groups excluding tert-OH is 3. The van der Waals surface area contributed by atoms with Gasteiger partial charge in [-0.1, -0.05) is 39.0 Å². The predicted octanol–water partition coefficient (Wildman–Crippen LogP) is 3.36. The van der Waals surface area contributed by atoms with Gasteiger partial charge < -0.3 is 29.5 Å². The molecule has 2 aromatic rings. The van der Waals surface area contributed by atoms with Gasteiger partial charge in [-0.2, -0.15) is 5.06 Å². The first-order valence-electron chi connectivity index (χ1n) is 15.3. The first-order valence-corrected chi connectivity index (χ1v) is 15.3. The summed E-state index contributed by atoms with van der Waals surface area (Å²) in [5, 5.41) is 37.9. The number of hydrogen-bond acceptors (Lipinski definition) is 10. The van der Waals surface area contributed by atoms with Crippen molar-refractivity contribution in [3.63, 3.8) is 0 Å². The van der Waals surface area contributed by atoms with Gasteiger partial charge in [0.1, 0.15) is 18.1 Å². The summed E-state index contributed by atoms with van der Waals surface area (Å²) in [4.78, 5) is 18.0. The molecule has 3 aliphatic carbocycles. The molecule has 2 aliphatic heterocycles. The quantitative estimate of drug-likeness (QED) is 0.239. The molecule has 10 heteroatoms. The van der Waals surface area contributed by atoms with Crippen LogP contribution in [0.1, 0.15) is 56.5 Å². The minimum atomic E-state index is -0.998. The van der Waals surface area contributed by atoms with Crippen molar-refractivity contribution in [2.75, 3.05) is 20.5 Å². The monoisotopic (exact) mass is 596 g/mol. The van der Waals surface area contributed by atoms with Gasteiger partial charge in [0, 0.05) is 23.1 Å². The van der Waals surface area contributed by atoms with E-state index in [0.717, 1.165) is 29.4 Å². The highest BCUT2D eigenvalue weighted by Gasteiger charge is 2.57. The molecule has 3 saturated carbocycles. The van der Waals surface area contributed by atoms with E-state index in [2.05, 4.69) is 26.1 Å². The van der Waals surface area contributed by atoms with Gasteiger partial charge >= 0.3 is 0 Å². The lowest BCUT2D eigenvalue weighted by Gasteiger charge is -2.62. The number of benzene rings is 2. The van der Waals surface area contributed by atoms with Crippen molar-refractivity contribution in [3.05, 3.63) is 41.5 Å². The second-order valence-corrected chi connectivity index (χ2v) is 13.3. The molecule has 0 spiro atoms. The number of carbonyl (C=O) groups excluding carboxylic acids is 1. The lowest BCUT2D eigenvalue weighted by Crippen LogP contribution is -2.63. The largest absolute Gasteiger partial charge is 0.496 e. The average Bonchev–Trinajstić information content (AvgIpc) is 3.62. The SMILES string of the molecule is COc1c(CN2O[C@@H](CO)[C@@H]([C@H](C)O)[C@H]2C(O)N[C@H]2C[C@@H]3C[C@H]([C@@H]2C)C3(C)C)cccc1-c1cc(C=O)c2c(c1)OCO2. The molecule has 5 aliphatic rings. The molecule has 7 rings (SSSR count). The fraction of sp³-hybridized carbons (Fsp3) is 0.606. The van der Waals surface area contributed by atoms with Crippen LogP contribution in [-0.2, 0) is 11.4 Å². The van der Waals surface area contributed by atoms with Crippen molar-refractivity contribution >= 4 is 6.29 Å². The number of hydrogen-bond donors (Lipinski definition) is 4. The molecular formula is C33H44N2O8. The Morgan fingerprint density at radius 3 is 2.65 bits per heavy atom. The zero-order valence-corrected chi connectivity index (χ0v) is 25.5. The number of aldehydes is 1. The number of hydroxylamine groups is 2. The zero-order valence-electron chi connectivity index (χ0n) is 25.5. The van der Waals surface area contributed by atoms with Gasteiger partial charge in [-0.05, 0) is 60.6 Å². The molecule has 2 aromatic carbocycles. The standard InChI is InChI=1S/C33H44N2O8/c1-17-24-11-22(33(24,3)4)12-25(17)34-32(39)29-28(18(2)38)27(15-37)43-35(29)13-19-7-6-8-23(30(19)40-5)20-9-21(14-36)31-26(10-20)41-16-42-31/h6-10,14,17-18,22,24-25,27-29,32,34,37-39H,11-13,15-16H2,1-5H3/t17-,18-,22-,24+,25-,27-,28+,29-,32?/m0/s1. The number of aliphatic hydroxyl groups is 3. The maximum Gasteiger partial charge on any atom is 0.231 e. The van der Waals surface area contributed by atoms with Crippen LogP contribution in [0.5, 0.6) is 17.2 Å². The van der Waals surface area contributed by atoms with E-state index in [1.54, 1.807) is 25.2 Å². The van der Waals surface area contributed by atoms with Crippen molar-refractivity contribution in [1.82, 2.24) is 10.4 Å². The summed E-state index contributed by atoms with van der Waals surface area (Å²) in [5.41, 5.74) is 2.96. The maximum atomic E-state index is 11.8. The molecule has 0 amide bonds. The third-order valence-electron chi connectivity index (χ3n) is 10.8. The van der Waals surface area contributed by atoms with E-state index in [0.29, 0.717) is 46.0 Å². The number of methoxy groups -OCH3 is 1. The van der Waals surface area contributed by atoms with Gasteiger partial charge in [0.2, 0.25) is 6.79 Å². The molecule has 4 N–H and O–H groups in total. The minimum Gasteiger partial charge on any atom is -0.496 e. The van der Waals surface area contributed by atoms with Crippen molar-refractivity contribution < 1.29 is 39.2 Å². The van der Waals surface area contributed by atoms with Crippen LogP contribution >= 0.6 is 0 Å². The molecule has 4 fully saturated rings. The van der Waals surface area contributed by atoms with Gasteiger partial charge in [0.15, 0.2) is 17.8 Å². The number of ether oxygens (including phenoxy) is 3. The summed E-state index contributed by atoms with van der Waals surface area (Å²) in [5.74, 6) is 2.59. The number of fused-ring (bicyclic) bond motifs is 3. The van der Waals surface area contributed by atoms with Gasteiger partial charge in [0.05, 0.1) is 38.0 Å². The molecule has 0 aromatic heterocycles.